The Hall–Kier alpha value is -10.4. The zero-order valence-electron chi connectivity index (χ0n) is 63.6. The monoisotopic (exact) mass is 1420 g/mol. The zero-order chi connectivity index (χ0) is 75.3. The maximum atomic E-state index is 15.5. The summed E-state index contributed by atoms with van der Waals surface area (Å²) in [5.41, 5.74) is 15.2. The van der Waals surface area contributed by atoms with Crippen LogP contribution in [0.2, 0.25) is 0 Å². The number of likely N-dealkylation sites (N-methyl/N-ethyl adjacent to an activating group) is 4. The summed E-state index contributed by atoms with van der Waals surface area (Å²) in [4.78, 5) is 77.4. The van der Waals surface area contributed by atoms with Crippen LogP contribution in [0.3, 0.4) is 0 Å². The molecule has 0 aromatic heterocycles. The Morgan fingerprint density at radius 3 is 1.18 bits per heavy atom. The molecule has 2 unspecified atom stereocenters. The average molecular weight is 1420 g/mol. The molecule has 550 valence electrons. The first kappa shape index (κ1) is 78.7. The average Bonchev–Trinajstić information content (AvgIpc) is 1.67. The Kier molecular flexibility index (Phi) is 28.0. The molecule has 105 heavy (non-hydrogen) atoms. The van der Waals surface area contributed by atoms with Crippen LogP contribution in [0.1, 0.15) is 159 Å². The Bertz CT molecular complexity index is 4340. The number of amides is 4. The van der Waals surface area contributed by atoms with Crippen molar-refractivity contribution in [1.82, 2.24) is 19.6 Å². The molecule has 0 saturated carbocycles. The highest BCUT2D eigenvalue weighted by molar-refractivity contribution is 6.01. The number of hydrogen-bond acceptors (Lipinski definition) is 9. The number of nitrogens with zero attached hydrogens (tertiary/aromatic N) is 8. The third-order valence-corrected chi connectivity index (χ3v) is 20.3. The molecule has 0 saturated heterocycles. The molecule has 4 aliphatic carbocycles. The smallest absolute Gasteiger partial charge is 0.242 e. The van der Waals surface area contributed by atoms with Crippen LogP contribution in [0.4, 0.5) is 31.5 Å². The third kappa shape index (κ3) is 20.3. The van der Waals surface area contributed by atoms with Gasteiger partial charge in [0.1, 0.15) is 5.82 Å². The second kappa shape index (κ2) is 37.3. The highest BCUT2D eigenvalue weighted by Gasteiger charge is 2.32. The van der Waals surface area contributed by atoms with E-state index in [1.54, 1.807) is 45.8 Å². The summed E-state index contributed by atoms with van der Waals surface area (Å²) in [7, 11) is 3.60. The molecule has 0 aliphatic heterocycles. The summed E-state index contributed by atoms with van der Waals surface area (Å²) in [6.45, 7) is 27.9. The SMILES string of the molecule is CC1C=Cc2cc(N(CC(=O)N(C)C)Cc3ccccc3)ccc21.CCN(CC)C(=O)CN(Cc1ccccc1)c1ccc2c(c1)C=CC2C.CCN(CC)C(=O)CN(Cc1ccccc1)c1ccc2c(c1F)C=CC2(C)C.CCN(CC)C(=O)CN(Cc1ccccc1)c1ccc2c(c1F)CCC2=O. The number of halogens is 2. The van der Waals surface area contributed by atoms with Crippen molar-refractivity contribution in [2.75, 3.05) is 99.1 Å². The van der Waals surface area contributed by atoms with E-state index in [9.17, 15) is 24.0 Å². The zero-order valence-corrected chi connectivity index (χ0v) is 63.6. The predicted octanol–water partition coefficient (Wildman–Crippen LogP) is 17.4. The Morgan fingerprint density at radius 2 is 0.790 bits per heavy atom. The first-order valence-electron chi connectivity index (χ1n) is 37.3. The van der Waals surface area contributed by atoms with Gasteiger partial charge in [0.15, 0.2) is 11.6 Å². The van der Waals surface area contributed by atoms with Crippen LogP contribution in [0, 0.1) is 11.6 Å². The molecule has 0 heterocycles. The van der Waals surface area contributed by atoms with Gasteiger partial charge in [-0.05, 0) is 152 Å². The van der Waals surface area contributed by atoms with Crippen molar-refractivity contribution in [1.29, 1.82) is 0 Å². The van der Waals surface area contributed by atoms with Crippen molar-refractivity contribution >= 4 is 70.4 Å². The number of rotatable bonds is 26. The van der Waals surface area contributed by atoms with Gasteiger partial charge in [0.2, 0.25) is 23.6 Å². The molecule has 15 heteroatoms. The molecule has 12 rings (SSSR count). The van der Waals surface area contributed by atoms with Crippen LogP contribution in [-0.4, -0.2) is 129 Å². The largest absolute Gasteiger partial charge is 0.358 e. The summed E-state index contributed by atoms with van der Waals surface area (Å²) >= 11 is 0. The van der Waals surface area contributed by atoms with Crippen molar-refractivity contribution in [2.24, 2.45) is 0 Å². The summed E-state index contributed by atoms with van der Waals surface area (Å²) in [6.07, 6.45) is 13.5. The number of carbonyl (C=O) groups excluding carboxylic acids is 5. The van der Waals surface area contributed by atoms with Crippen molar-refractivity contribution in [3.63, 3.8) is 0 Å². The van der Waals surface area contributed by atoms with E-state index in [4.69, 9.17) is 0 Å². The lowest BCUT2D eigenvalue weighted by Gasteiger charge is -2.29. The second-order valence-electron chi connectivity index (χ2n) is 28.0. The quantitative estimate of drug-likeness (QED) is 0.0523. The number of Topliss-reactive ketones (excluding diaryl/α,β-unsaturated/α-hetero) is 1. The summed E-state index contributed by atoms with van der Waals surface area (Å²) in [5, 5.41) is 0. The van der Waals surface area contributed by atoms with E-state index in [0.29, 0.717) is 105 Å². The van der Waals surface area contributed by atoms with Crippen molar-refractivity contribution < 1.29 is 32.8 Å². The minimum Gasteiger partial charge on any atom is -0.358 e. The van der Waals surface area contributed by atoms with Crippen LogP contribution >= 0.6 is 0 Å². The maximum Gasteiger partial charge on any atom is 0.242 e. The first-order chi connectivity index (χ1) is 50.6. The molecule has 0 fully saturated rings. The molecular weight excluding hydrogens is 1310 g/mol. The lowest BCUT2D eigenvalue weighted by molar-refractivity contribution is -0.130. The predicted molar refractivity (Wildman–Crippen MR) is 428 cm³/mol. The fraction of sp³-hybridized carbons (Fsp3) is 0.344. The molecule has 0 N–H and O–H groups in total. The molecule has 2 atom stereocenters. The third-order valence-electron chi connectivity index (χ3n) is 20.3. The molecular formula is C90H106F2N8O5. The molecule has 4 amide bonds. The Balaban J connectivity index is 0.000000162. The van der Waals surface area contributed by atoms with Gasteiger partial charge < -0.3 is 39.2 Å². The van der Waals surface area contributed by atoms with Crippen LogP contribution < -0.4 is 19.6 Å². The van der Waals surface area contributed by atoms with Crippen molar-refractivity contribution in [3.05, 3.63) is 279 Å². The van der Waals surface area contributed by atoms with E-state index in [2.05, 4.69) is 122 Å². The van der Waals surface area contributed by atoms with E-state index >= 15 is 8.78 Å². The van der Waals surface area contributed by atoms with Gasteiger partial charge in [0.25, 0.3) is 0 Å². The minimum atomic E-state index is -0.373. The number of hydrogen-bond donors (Lipinski definition) is 0. The molecule has 8 aromatic carbocycles. The van der Waals surface area contributed by atoms with E-state index in [1.807, 2.05) is 173 Å². The molecule has 0 radical (unpaired) electrons. The van der Waals surface area contributed by atoms with Gasteiger partial charge in [-0.15, -0.1) is 0 Å². The fourth-order valence-corrected chi connectivity index (χ4v) is 14.0. The molecule has 0 spiro atoms. The highest BCUT2D eigenvalue weighted by atomic mass is 19.1. The number of allylic oxidation sites excluding steroid dienone is 3. The minimum absolute atomic E-state index is 0.00993. The summed E-state index contributed by atoms with van der Waals surface area (Å²) < 4.78 is 30.7. The lowest BCUT2D eigenvalue weighted by atomic mass is 9.87. The number of ketones is 1. The molecule has 0 bridgehead atoms. The van der Waals surface area contributed by atoms with Crippen LogP contribution in [0.25, 0.3) is 18.2 Å². The van der Waals surface area contributed by atoms with Gasteiger partial charge in [-0.25, -0.2) is 8.78 Å². The fourth-order valence-electron chi connectivity index (χ4n) is 14.0. The number of fused-ring (bicyclic) bond motifs is 4. The van der Waals surface area contributed by atoms with Gasteiger partial charge in [-0.1, -0.05) is 204 Å². The number of anilines is 4. The van der Waals surface area contributed by atoms with E-state index < -0.39 is 0 Å². The molecule has 8 aromatic rings. The van der Waals surface area contributed by atoms with Gasteiger partial charge in [-0.2, -0.15) is 0 Å². The lowest BCUT2D eigenvalue weighted by Crippen LogP contribution is -2.40. The highest BCUT2D eigenvalue weighted by Crippen LogP contribution is 2.41. The van der Waals surface area contributed by atoms with Crippen LogP contribution in [0.15, 0.2) is 200 Å². The topological polar surface area (TPSA) is 111 Å². The summed E-state index contributed by atoms with van der Waals surface area (Å²) in [6, 6.07) is 60.5. The Labute approximate surface area is 622 Å². The van der Waals surface area contributed by atoms with Crippen molar-refractivity contribution in [2.45, 2.75) is 126 Å². The van der Waals surface area contributed by atoms with E-state index in [1.165, 1.54) is 33.4 Å². The Morgan fingerprint density at radius 1 is 0.429 bits per heavy atom. The maximum absolute atomic E-state index is 15.5. The van der Waals surface area contributed by atoms with Crippen molar-refractivity contribution in [3.8, 4) is 0 Å². The normalized spacial score (nSPS) is 14.2. The van der Waals surface area contributed by atoms with Crippen LogP contribution in [-0.2, 0) is 57.2 Å². The molecule has 4 aliphatic rings. The first-order valence-corrected chi connectivity index (χ1v) is 37.3. The molecule has 13 nitrogen and oxygen atoms in total. The van der Waals surface area contributed by atoms with Crippen LogP contribution in [0.5, 0.6) is 0 Å². The van der Waals surface area contributed by atoms with Gasteiger partial charge in [0.05, 0.1) is 37.6 Å². The standard InChI is InChI=1S/C24H29FN2O.C23H28N2O.C22H25FN2O2.C21H24N2O/c1-5-26(6-2)22(28)17-27(16-18-10-8-7-9-11-18)21-13-12-20-19(23(21)25)14-15-24(20,3)4;1-4-24(5-2)23(26)17-25(16-19-9-7-6-8-10-19)21-13-14-22-18(3)11-12-20(22)15-21;1-3-24(4-2)21(27)15-25(14-16-8-6-5-7-9-16)19-12-10-17-18(22(19)23)11-13-20(17)26;1-16-9-10-18-13-19(11-12-20(16)18)23(15-21(24)22(2)3)14-17-7-5-4-6-8-17/h7-15H,5-6,16-17H2,1-4H3;6-15,18H,4-5,16-17H2,1-3H3;5-10,12H,3-4,11,13-15H2,1-2H3;4-13,16H,14-15H2,1-3H3. The van der Waals surface area contributed by atoms with Gasteiger partial charge in [0, 0.05) is 119 Å². The summed E-state index contributed by atoms with van der Waals surface area (Å²) in [5.74, 6) is 0.571. The number of benzene rings is 8. The number of carbonyl (C=O) groups is 5. The van der Waals surface area contributed by atoms with Gasteiger partial charge >= 0.3 is 0 Å². The van der Waals surface area contributed by atoms with E-state index in [-0.39, 0.29) is 59.6 Å². The van der Waals surface area contributed by atoms with Gasteiger partial charge in [-0.3, -0.25) is 24.0 Å². The second-order valence-corrected chi connectivity index (χ2v) is 28.0. The van der Waals surface area contributed by atoms with E-state index in [0.717, 1.165) is 54.2 Å².